The Bertz CT molecular complexity index is 765. The van der Waals surface area contributed by atoms with Gasteiger partial charge >= 0.3 is 0 Å². The van der Waals surface area contributed by atoms with Crippen LogP contribution >= 0.6 is 15.9 Å². The number of benzene rings is 2. The van der Waals surface area contributed by atoms with Gasteiger partial charge in [0.05, 0.1) is 0 Å². The first-order valence-corrected chi connectivity index (χ1v) is 9.17. The molecule has 0 aliphatic heterocycles. The maximum Gasteiger partial charge on any atom is 0.185 e. The third-order valence-electron chi connectivity index (χ3n) is 3.82. The molecule has 5 heteroatoms. The van der Waals surface area contributed by atoms with Gasteiger partial charge in [-0.05, 0) is 64.1 Å². The van der Waals surface area contributed by atoms with Crippen molar-refractivity contribution in [2.45, 2.75) is 13.1 Å². The minimum atomic E-state index is -0.0760. The molecular formula is C21H25BrN2O2. The summed E-state index contributed by atoms with van der Waals surface area (Å²) >= 11 is 3.40. The highest BCUT2D eigenvalue weighted by molar-refractivity contribution is 9.10. The average molecular weight is 417 g/mol. The van der Waals surface area contributed by atoms with Crippen molar-refractivity contribution < 1.29 is 9.90 Å². The quantitative estimate of drug-likeness (QED) is 0.543. The lowest BCUT2D eigenvalue weighted by Crippen LogP contribution is -2.15. The maximum absolute atomic E-state index is 12.7. The van der Waals surface area contributed by atoms with Crippen LogP contribution in [0.15, 0.2) is 46.9 Å². The predicted molar refractivity (Wildman–Crippen MR) is 110 cm³/mol. The molecule has 0 amide bonds. The lowest BCUT2D eigenvalue weighted by molar-refractivity contribution is 0.104. The summed E-state index contributed by atoms with van der Waals surface area (Å²) in [6, 6.07) is 11.3. The van der Waals surface area contributed by atoms with Crippen LogP contribution in [0, 0.1) is 0 Å². The molecule has 138 valence electrons. The van der Waals surface area contributed by atoms with E-state index < -0.39 is 0 Å². The van der Waals surface area contributed by atoms with Gasteiger partial charge < -0.3 is 14.9 Å². The molecule has 2 aromatic carbocycles. The Morgan fingerprint density at radius 1 is 1.00 bits per heavy atom. The first-order valence-electron chi connectivity index (χ1n) is 8.38. The van der Waals surface area contributed by atoms with Crippen LogP contribution < -0.4 is 0 Å². The van der Waals surface area contributed by atoms with Crippen LogP contribution in [0.2, 0.25) is 0 Å². The summed E-state index contributed by atoms with van der Waals surface area (Å²) in [5.41, 5.74) is 3.07. The molecule has 0 aromatic heterocycles. The van der Waals surface area contributed by atoms with Crippen molar-refractivity contribution in [2.24, 2.45) is 0 Å². The van der Waals surface area contributed by atoms with E-state index in [9.17, 15) is 9.90 Å². The third-order valence-corrected chi connectivity index (χ3v) is 4.35. The molecule has 4 nitrogen and oxygen atoms in total. The molecule has 26 heavy (non-hydrogen) atoms. The second-order valence-electron chi connectivity index (χ2n) is 6.87. The van der Waals surface area contributed by atoms with Crippen LogP contribution in [0.5, 0.6) is 5.75 Å². The second-order valence-corrected chi connectivity index (χ2v) is 7.78. The fourth-order valence-corrected chi connectivity index (χ4v) is 2.93. The average Bonchev–Trinajstić information content (AvgIpc) is 2.56. The van der Waals surface area contributed by atoms with Crippen LogP contribution in [-0.2, 0) is 13.1 Å². The Morgan fingerprint density at radius 2 is 1.50 bits per heavy atom. The summed E-state index contributed by atoms with van der Waals surface area (Å²) in [7, 11) is 7.75. The van der Waals surface area contributed by atoms with Crippen molar-refractivity contribution in [3.63, 3.8) is 0 Å². The van der Waals surface area contributed by atoms with Gasteiger partial charge in [0.2, 0.25) is 0 Å². The first kappa shape index (κ1) is 20.4. The van der Waals surface area contributed by atoms with E-state index in [-0.39, 0.29) is 11.5 Å². The fourth-order valence-electron chi connectivity index (χ4n) is 2.67. The predicted octanol–water partition coefficient (Wildman–Crippen LogP) is 4.17. The minimum Gasteiger partial charge on any atom is -0.507 e. The van der Waals surface area contributed by atoms with Crippen molar-refractivity contribution in [1.82, 2.24) is 9.80 Å². The number of aromatic hydroxyl groups is 1. The molecule has 0 atom stereocenters. The van der Waals surface area contributed by atoms with Gasteiger partial charge in [0, 0.05) is 34.3 Å². The van der Waals surface area contributed by atoms with Crippen LogP contribution in [0.25, 0.3) is 6.08 Å². The smallest absolute Gasteiger partial charge is 0.185 e. The Hall–Kier alpha value is -1.95. The highest BCUT2D eigenvalue weighted by Crippen LogP contribution is 2.27. The van der Waals surface area contributed by atoms with Gasteiger partial charge in [0.1, 0.15) is 5.75 Å². The lowest BCUT2D eigenvalue weighted by Gasteiger charge is -2.17. The van der Waals surface area contributed by atoms with E-state index in [0.717, 1.165) is 21.2 Å². The van der Waals surface area contributed by atoms with Gasteiger partial charge in [-0.25, -0.2) is 0 Å². The standard InChI is InChI=1S/C21H25BrN2O2/c1-23(2)13-17-11-16(12-18(21(17)26)14-24(3)4)20(25)10-7-15-5-8-19(22)9-6-15/h5-12,26H,13-14H2,1-4H3/b10-7+. The molecule has 0 bridgehead atoms. The normalized spacial score (nSPS) is 11.7. The summed E-state index contributed by atoms with van der Waals surface area (Å²) < 4.78 is 1.00. The number of halogens is 1. The van der Waals surface area contributed by atoms with Crippen LogP contribution in [0.1, 0.15) is 27.0 Å². The summed E-state index contributed by atoms with van der Waals surface area (Å²) in [6.07, 6.45) is 3.38. The monoisotopic (exact) mass is 416 g/mol. The molecule has 0 unspecified atom stereocenters. The summed E-state index contributed by atoms with van der Waals surface area (Å²) in [5.74, 6) is 0.189. The molecule has 2 rings (SSSR count). The Balaban J connectivity index is 2.33. The summed E-state index contributed by atoms with van der Waals surface area (Å²) in [6.45, 7) is 1.15. The first-order chi connectivity index (χ1) is 12.3. The van der Waals surface area contributed by atoms with E-state index in [1.54, 1.807) is 24.3 Å². The Morgan fingerprint density at radius 3 is 1.96 bits per heavy atom. The Kier molecular flexibility index (Phi) is 7.14. The SMILES string of the molecule is CN(C)Cc1cc(C(=O)/C=C/c2ccc(Br)cc2)cc(CN(C)C)c1O. The van der Waals surface area contributed by atoms with Gasteiger partial charge in [0.15, 0.2) is 5.78 Å². The molecular weight excluding hydrogens is 392 g/mol. The zero-order valence-corrected chi connectivity index (χ0v) is 17.2. The minimum absolute atomic E-state index is 0.0760. The van der Waals surface area contributed by atoms with Crippen molar-refractivity contribution >= 4 is 27.8 Å². The number of phenols is 1. The zero-order valence-electron chi connectivity index (χ0n) is 15.7. The van der Waals surface area contributed by atoms with E-state index in [1.165, 1.54) is 0 Å². The van der Waals surface area contributed by atoms with Crippen LogP contribution in [0.4, 0.5) is 0 Å². The third kappa shape index (κ3) is 5.80. The van der Waals surface area contributed by atoms with Crippen molar-refractivity contribution in [3.05, 3.63) is 69.2 Å². The molecule has 0 heterocycles. The largest absolute Gasteiger partial charge is 0.507 e. The van der Waals surface area contributed by atoms with E-state index in [2.05, 4.69) is 15.9 Å². The van der Waals surface area contributed by atoms with Gasteiger partial charge in [-0.2, -0.15) is 0 Å². The topological polar surface area (TPSA) is 43.8 Å². The van der Waals surface area contributed by atoms with E-state index in [1.807, 2.05) is 62.3 Å². The number of hydrogen-bond acceptors (Lipinski definition) is 4. The van der Waals surface area contributed by atoms with Gasteiger partial charge in [0.25, 0.3) is 0 Å². The van der Waals surface area contributed by atoms with Crippen molar-refractivity contribution in [2.75, 3.05) is 28.2 Å². The van der Waals surface area contributed by atoms with Gasteiger partial charge in [-0.15, -0.1) is 0 Å². The fraction of sp³-hybridized carbons (Fsp3) is 0.286. The number of phenolic OH excluding ortho intramolecular Hbond substituents is 1. The maximum atomic E-state index is 12.7. The van der Waals surface area contributed by atoms with Gasteiger partial charge in [-0.3, -0.25) is 4.79 Å². The number of allylic oxidation sites excluding steroid dienone is 1. The van der Waals surface area contributed by atoms with Gasteiger partial charge in [-0.1, -0.05) is 34.1 Å². The molecule has 0 fully saturated rings. The molecule has 0 saturated heterocycles. The summed E-state index contributed by atoms with van der Waals surface area (Å²) in [4.78, 5) is 16.6. The Labute approximate surface area is 163 Å². The van der Waals surface area contributed by atoms with E-state index in [4.69, 9.17) is 0 Å². The molecule has 0 saturated carbocycles. The highest BCUT2D eigenvalue weighted by atomic mass is 79.9. The molecule has 0 aliphatic carbocycles. The molecule has 0 aliphatic rings. The van der Waals surface area contributed by atoms with Crippen LogP contribution in [0.3, 0.4) is 0 Å². The second kappa shape index (κ2) is 9.12. The van der Waals surface area contributed by atoms with Crippen molar-refractivity contribution in [3.8, 4) is 5.75 Å². The number of hydrogen-bond donors (Lipinski definition) is 1. The van der Waals surface area contributed by atoms with E-state index >= 15 is 0 Å². The van der Waals surface area contributed by atoms with E-state index in [0.29, 0.717) is 18.7 Å². The zero-order chi connectivity index (χ0) is 19.3. The number of nitrogens with zero attached hydrogens (tertiary/aromatic N) is 2. The van der Waals surface area contributed by atoms with Crippen molar-refractivity contribution in [1.29, 1.82) is 0 Å². The van der Waals surface area contributed by atoms with Crippen LogP contribution in [-0.4, -0.2) is 48.9 Å². The molecule has 2 aromatic rings. The number of rotatable bonds is 7. The lowest BCUT2D eigenvalue weighted by atomic mass is 10.00. The highest BCUT2D eigenvalue weighted by Gasteiger charge is 2.14. The number of carbonyl (C=O) groups is 1. The molecule has 1 N–H and O–H groups in total. The number of ketones is 1. The molecule has 0 radical (unpaired) electrons. The summed E-state index contributed by atoms with van der Waals surface area (Å²) in [5, 5.41) is 10.5. The number of carbonyl (C=O) groups excluding carboxylic acids is 1. The molecule has 0 spiro atoms.